The van der Waals surface area contributed by atoms with Crippen LogP contribution >= 0.6 is 0 Å². The van der Waals surface area contributed by atoms with Crippen LogP contribution in [0, 0.1) is 0 Å². The molecule has 6 heteroatoms. The molecule has 0 N–H and O–H groups in total. The van der Waals surface area contributed by atoms with E-state index >= 15 is 0 Å². The van der Waals surface area contributed by atoms with Gasteiger partial charge >= 0.3 is 0 Å². The van der Waals surface area contributed by atoms with Crippen molar-refractivity contribution in [3.63, 3.8) is 0 Å². The van der Waals surface area contributed by atoms with Gasteiger partial charge in [0.2, 0.25) is 10.0 Å². The van der Waals surface area contributed by atoms with Gasteiger partial charge in [0.05, 0.1) is 4.90 Å². The van der Waals surface area contributed by atoms with E-state index in [1.165, 1.54) is 0 Å². The third-order valence-corrected chi connectivity index (χ3v) is 7.31. The standard InChI is InChI=1S/C21H24N2O3S/c24-21(17-8-4-3-5-9-17)23-15-12-18-16-19(10-11-20(18)23)27(25,26)22-13-6-1-2-7-14-22/h3-5,8-11,16H,1-2,6-7,12-15H2. The maximum absolute atomic E-state index is 13.0. The Balaban J connectivity index is 1.61. The number of nitrogens with zero attached hydrogens (tertiary/aromatic N) is 2. The van der Waals surface area contributed by atoms with Gasteiger partial charge in [-0.15, -0.1) is 0 Å². The molecule has 1 fully saturated rings. The fourth-order valence-corrected chi connectivity index (χ4v) is 5.49. The van der Waals surface area contributed by atoms with E-state index in [4.69, 9.17) is 0 Å². The van der Waals surface area contributed by atoms with Crippen LogP contribution in [0.4, 0.5) is 5.69 Å². The summed E-state index contributed by atoms with van der Waals surface area (Å²) in [6, 6.07) is 14.4. The van der Waals surface area contributed by atoms with Crippen molar-refractivity contribution in [1.29, 1.82) is 0 Å². The average molecular weight is 385 g/mol. The molecule has 0 aromatic heterocycles. The number of hydrogen-bond acceptors (Lipinski definition) is 3. The lowest BCUT2D eigenvalue weighted by molar-refractivity contribution is 0.0989. The number of rotatable bonds is 3. The number of anilines is 1. The van der Waals surface area contributed by atoms with Gasteiger partial charge in [-0.3, -0.25) is 4.79 Å². The summed E-state index contributed by atoms with van der Waals surface area (Å²) in [5, 5.41) is 0. The fraction of sp³-hybridized carbons (Fsp3) is 0.381. The third kappa shape index (κ3) is 3.51. The monoisotopic (exact) mass is 384 g/mol. The van der Waals surface area contributed by atoms with E-state index in [1.54, 1.807) is 39.5 Å². The highest BCUT2D eigenvalue weighted by molar-refractivity contribution is 7.89. The molecule has 27 heavy (non-hydrogen) atoms. The number of carbonyl (C=O) groups is 1. The number of benzene rings is 2. The molecule has 5 nitrogen and oxygen atoms in total. The molecule has 2 aromatic carbocycles. The van der Waals surface area contributed by atoms with Crippen LogP contribution in [0.5, 0.6) is 0 Å². The van der Waals surface area contributed by atoms with Crippen molar-refractivity contribution in [3.8, 4) is 0 Å². The van der Waals surface area contributed by atoms with Gasteiger partial charge in [-0.1, -0.05) is 31.0 Å². The molecule has 0 atom stereocenters. The van der Waals surface area contributed by atoms with Crippen molar-refractivity contribution in [3.05, 3.63) is 59.7 Å². The molecule has 0 spiro atoms. The average Bonchev–Trinajstić information content (AvgIpc) is 2.91. The van der Waals surface area contributed by atoms with Gasteiger partial charge in [-0.2, -0.15) is 4.31 Å². The van der Waals surface area contributed by atoms with E-state index in [1.807, 2.05) is 18.2 Å². The first-order valence-corrected chi connectivity index (χ1v) is 11.0. The highest BCUT2D eigenvalue weighted by Crippen LogP contribution is 2.32. The summed E-state index contributed by atoms with van der Waals surface area (Å²) in [4.78, 5) is 14.9. The van der Waals surface area contributed by atoms with Crippen molar-refractivity contribution < 1.29 is 13.2 Å². The van der Waals surface area contributed by atoms with Gasteiger partial charge in [-0.25, -0.2) is 8.42 Å². The minimum Gasteiger partial charge on any atom is -0.308 e. The van der Waals surface area contributed by atoms with Crippen molar-refractivity contribution in [1.82, 2.24) is 4.31 Å². The normalized spacial score (nSPS) is 18.1. The molecule has 2 heterocycles. The first-order chi connectivity index (χ1) is 13.1. The van der Waals surface area contributed by atoms with E-state index in [0.717, 1.165) is 36.9 Å². The van der Waals surface area contributed by atoms with Crippen LogP contribution in [-0.2, 0) is 16.4 Å². The largest absolute Gasteiger partial charge is 0.308 e. The summed E-state index contributed by atoms with van der Waals surface area (Å²) >= 11 is 0. The van der Waals surface area contributed by atoms with Gasteiger partial charge in [0.15, 0.2) is 0 Å². The van der Waals surface area contributed by atoms with Gasteiger partial charge in [0.25, 0.3) is 5.91 Å². The van der Waals surface area contributed by atoms with Crippen LogP contribution in [0.1, 0.15) is 41.6 Å². The summed E-state index contributed by atoms with van der Waals surface area (Å²) in [5.41, 5.74) is 2.39. The summed E-state index contributed by atoms with van der Waals surface area (Å²) in [6.45, 7) is 1.77. The topological polar surface area (TPSA) is 57.7 Å². The quantitative estimate of drug-likeness (QED) is 0.814. The molecule has 1 saturated heterocycles. The Morgan fingerprint density at radius 3 is 2.26 bits per heavy atom. The van der Waals surface area contributed by atoms with E-state index < -0.39 is 10.0 Å². The highest BCUT2D eigenvalue weighted by Gasteiger charge is 2.30. The molecular weight excluding hydrogens is 360 g/mol. The van der Waals surface area contributed by atoms with Crippen LogP contribution in [-0.4, -0.2) is 38.3 Å². The summed E-state index contributed by atoms with van der Waals surface area (Å²) < 4.78 is 27.7. The second-order valence-electron chi connectivity index (χ2n) is 7.18. The Kier molecular flexibility index (Phi) is 5.02. The predicted octanol–water partition coefficient (Wildman–Crippen LogP) is 3.45. The number of hydrogen-bond donors (Lipinski definition) is 0. The lowest BCUT2D eigenvalue weighted by atomic mass is 10.1. The number of amides is 1. The summed E-state index contributed by atoms with van der Waals surface area (Å²) in [6.07, 6.45) is 4.70. The molecule has 0 aliphatic carbocycles. The van der Waals surface area contributed by atoms with E-state index in [0.29, 0.717) is 36.5 Å². The van der Waals surface area contributed by atoms with Crippen LogP contribution in [0.2, 0.25) is 0 Å². The number of sulfonamides is 1. The van der Waals surface area contributed by atoms with Crippen LogP contribution in [0.3, 0.4) is 0 Å². The Bertz CT molecular complexity index is 933. The van der Waals surface area contributed by atoms with Gasteiger partial charge in [-0.05, 0) is 55.2 Å². The Morgan fingerprint density at radius 1 is 0.852 bits per heavy atom. The maximum Gasteiger partial charge on any atom is 0.258 e. The second-order valence-corrected chi connectivity index (χ2v) is 9.12. The Labute approximate surface area is 160 Å². The minimum absolute atomic E-state index is 0.0440. The molecule has 0 radical (unpaired) electrons. The lowest BCUT2D eigenvalue weighted by Gasteiger charge is -2.21. The zero-order chi connectivity index (χ0) is 18.9. The Morgan fingerprint density at radius 2 is 1.56 bits per heavy atom. The molecule has 2 aliphatic heterocycles. The van der Waals surface area contributed by atoms with E-state index in [9.17, 15) is 13.2 Å². The van der Waals surface area contributed by atoms with Crippen LogP contribution in [0.15, 0.2) is 53.4 Å². The highest BCUT2D eigenvalue weighted by atomic mass is 32.2. The molecule has 0 bridgehead atoms. The molecule has 2 aliphatic rings. The van der Waals surface area contributed by atoms with E-state index in [2.05, 4.69) is 0 Å². The van der Waals surface area contributed by atoms with E-state index in [-0.39, 0.29) is 5.91 Å². The van der Waals surface area contributed by atoms with Crippen LogP contribution in [0.25, 0.3) is 0 Å². The lowest BCUT2D eigenvalue weighted by Crippen LogP contribution is -2.32. The van der Waals surface area contributed by atoms with Gasteiger partial charge in [0, 0.05) is 30.9 Å². The number of carbonyl (C=O) groups excluding carboxylic acids is 1. The predicted molar refractivity (Wildman–Crippen MR) is 105 cm³/mol. The number of fused-ring (bicyclic) bond motifs is 1. The van der Waals surface area contributed by atoms with Crippen molar-refractivity contribution in [2.45, 2.75) is 37.0 Å². The SMILES string of the molecule is O=C(c1ccccc1)N1CCc2cc(S(=O)(=O)N3CCCCCC3)ccc21. The fourth-order valence-electron chi connectivity index (χ4n) is 3.92. The zero-order valence-electron chi connectivity index (χ0n) is 15.3. The first-order valence-electron chi connectivity index (χ1n) is 9.57. The first kappa shape index (κ1) is 18.2. The molecule has 142 valence electrons. The molecule has 0 saturated carbocycles. The summed E-state index contributed by atoms with van der Waals surface area (Å²) in [7, 11) is -3.47. The molecule has 4 rings (SSSR count). The maximum atomic E-state index is 13.0. The molecule has 1 amide bonds. The summed E-state index contributed by atoms with van der Waals surface area (Å²) in [5.74, 6) is -0.0440. The van der Waals surface area contributed by atoms with Crippen molar-refractivity contribution >= 4 is 21.6 Å². The van der Waals surface area contributed by atoms with Crippen molar-refractivity contribution in [2.24, 2.45) is 0 Å². The second kappa shape index (κ2) is 7.44. The smallest absolute Gasteiger partial charge is 0.258 e. The molecule has 0 unspecified atom stereocenters. The van der Waals surface area contributed by atoms with Crippen LogP contribution < -0.4 is 4.90 Å². The Hall–Kier alpha value is -2.18. The molecule has 2 aromatic rings. The van der Waals surface area contributed by atoms with Crippen molar-refractivity contribution in [2.75, 3.05) is 24.5 Å². The van der Waals surface area contributed by atoms with Gasteiger partial charge in [0.1, 0.15) is 0 Å². The third-order valence-electron chi connectivity index (χ3n) is 5.42. The zero-order valence-corrected chi connectivity index (χ0v) is 16.1. The minimum atomic E-state index is -3.47. The van der Waals surface area contributed by atoms with Gasteiger partial charge < -0.3 is 4.90 Å². The molecular formula is C21H24N2O3S.